The van der Waals surface area contributed by atoms with E-state index in [1.165, 1.54) is 23.9 Å². The van der Waals surface area contributed by atoms with Crippen LogP contribution >= 0.6 is 11.8 Å². The molecular formula is C13H13FN2O3S. The molecule has 20 heavy (non-hydrogen) atoms. The molecule has 0 aliphatic heterocycles. The lowest BCUT2D eigenvalue weighted by Crippen LogP contribution is -2.15. The fourth-order valence-corrected chi connectivity index (χ4v) is 2.40. The summed E-state index contributed by atoms with van der Waals surface area (Å²) in [5.41, 5.74) is 0.625. The van der Waals surface area contributed by atoms with E-state index in [1.807, 2.05) is 6.92 Å². The van der Waals surface area contributed by atoms with E-state index < -0.39 is 11.2 Å². The molecule has 1 heterocycles. The fourth-order valence-electron chi connectivity index (χ4n) is 1.56. The third-order valence-electron chi connectivity index (χ3n) is 2.61. The van der Waals surface area contributed by atoms with Crippen molar-refractivity contribution in [2.75, 3.05) is 0 Å². The number of hydrogen-bond acceptors (Lipinski definition) is 5. The molecule has 0 aliphatic carbocycles. The van der Waals surface area contributed by atoms with Gasteiger partial charge in [-0.25, -0.2) is 4.39 Å². The molecule has 2 aromatic rings. The van der Waals surface area contributed by atoms with Crippen LogP contribution in [0.3, 0.4) is 0 Å². The van der Waals surface area contributed by atoms with Crippen molar-refractivity contribution in [3.8, 4) is 11.5 Å². The van der Waals surface area contributed by atoms with Gasteiger partial charge in [-0.1, -0.05) is 6.92 Å². The zero-order chi connectivity index (χ0) is 14.5. The van der Waals surface area contributed by atoms with Crippen LogP contribution in [0.2, 0.25) is 0 Å². The van der Waals surface area contributed by atoms with Crippen molar-refractivity contribution in [3.63, 3.8) is 0 Å². The minimum Gasteiger partial charge on any atom is -0.480 e. The Hall–Kier alpha value is -1.89. The van der Waals surface area contributed by atoms with Gasteiger partial charge in [-0.2, -0.15) is 0 Å². The van der Waals surface area contributed by atoms with Gasteiger partial charge in [0.1, 0.15) is 11.1 Å². The summed E-state index contributed by atoms with van der Waals surface area (Å²) in [5, 5.41) is 16.2. The molecule has 2 rings (SSSR count). The number of carboxylic acids is 1. The van der Waals surface area contributed by atoms with Gasteiger partial charge in [0.2, 0.25) is 11.8 Å². The van der Waals surface area contributed by atoms with Crippen LogP contribution in [0, 0.1) is 5.82 Å². The molecule has 0 bridgehead atoms. The van der Waals surface area contributed by atoms with E-state index in [0.29, 0.717) is 29.5 Å². The lowest BCUT2D eigenvalue weighted by atomic mass is 10.2. The second-order valence-electron chi connectivity index (χ2n) is 4.05. The summed E-state index contributed by atoms with van der Waals surface area (Å²) in [6.45, 7) is 1.81. The average Bonchev–Trinajstić information content (AvgIpc) is 2.89. The second kappa shape index (κ2) is 6.51. The van der Waals surface area contributed by atoms with Crippen LogP contribution in [-0.2, 0) is 10.5 Å². The number of thioether (sulfide) groups is 1. The number of halogens is 1. The highest BCUT2D eigenvalue weighted by atomic mass is 32.2. The number of aromatic nitrogens is 2. The number of hydrogen-bond donors (Lipinski definition) is 1. The molecule has 1 atom stereocenters. The van der Waals surface area contributed by atoms with Gasteiger partial charge in [-0.15, -0.1) is 22.0 Å². The average molecular weight is 296 g/mol. The molecule has 1 unspecified atom stereocenters. The van der Waals surface area contributed by atoms with Crippen LogP contribution in [0.5, 0.6) is 0 Å². The monoisotopic (exact) mass is 296 g/mol. The van der Waals surface area contributed by atoms with Gasteiger partial charge < -0.3 is 9.52 Å². The van der Waals surface area contributed by atoms with Crippen LogP contribution in [0.25, 0.3) is 11.5 Å². The van der Waals surface area contributed by atoms with Crippen LogP contribution < -0.4 is 0 Å². The van der Waals surface area contributed by atoms with Gasteiger partial charge in [0.25, 0.3) is 0 Å². The molecule has 0 spiro atoms. The standard InChI is InChI=1S/C13H13FN2O3S/c1-2-10(13(17)18)20-7-11-15-16-12(19-11)8-3-5-9(14)6-4-8/h3-6,10H,2,7H2,1H3,(H,17,18). The molecular weight excluding hydrogens is 283 g/mol. The van der Waals surface area contributed by atoms with E-state index in [-0.39, 0.29) is 5.82 Å². The smallest absolute Gasteiger partial charge is 0.316 e. The van der Waals surface area contributed by atoms with E-state index in [9.17, 15) is 9.18 Å². The SMILES string of the molecule is CCC(SCc1nnc(-c2ccc(F)cc2)o1)C(=O)O. The Morgan fingerprint density at radius 2 is 2.10 bits per heavy atom. The number of nitrogens with zero attached hydrogens (tertiary/aromatic N) is 2. The molecule has 1 aromatic heterocycles. The highest BCUT2D eigenvalue weighted by molar-refractivity contribution is 7.99. The molecule has 0 saturated heterocycles. The third-order valence-corrected chi connectivity index (χ3v) is 3.96. The van der Waals surface area contributed by atoms with Crippen molar-refractivity contribution in [2.45, 2.75) is 24.3 Å². The van der Waals surface area contributed by atoms with Gasteiger partial charge in [-0.3, -0.25) is 4.79 Å². The predicted molar refractivity (Wildman–Crippen MR) is 72.7 cm³/mol. The first kappa shape index (κ1) is 14.5. The maximum Gasteiger partial charge on any atom is 0.316 e. The van der Waals surface area contributed by atoms with Gasteiger partial charge >= 0.3 is 5.97 Å². The van der Waals surface area contributed by atoms with E-state index in [1.54, 1.807) is 12.1 Å². The van der Waals surface area contributed by atoms with Crippen molar-refractivity contribution in [1.82, 2.24) is 10.2 Å². The van der Waals surface area contributed by atoms with Crippen molar-refractivity contribution in [2.24, 2.45) is 0 Å². The largest absolute Gasteiger partial charge is 0.480 e. The van der Waals surface area contributed by atoms with Crippen LogP contribution in [0.4, 0.5) is 4.39 Å². The Kier molecular flexibility index (Phi) is 4.73. The highest BCUT2D eigenvalue weighted by Crippen LogP contribution is 2.23. The molecule has 0 saturated carbocycles. The quantitative estimate of drug-likeness (QED) is 0.883. The molecule has 5 nitrogen and oxygen atoms in total. The molecule has 0 radical (unpaired) electrons. The summed E-state index contributed by atoms with van der Waals surface area (Å²) in [7, 11) is 0. The molecule has 1 aromatic carbocycles. The van der Waals surface area contributed by atoms with Crippen LogP contribution in [0.1, 0.15) is 19.2 Å². The second-order valence-corrected chi connectivity index (χ2v) is 5.25. The lowest BCUT2D eigenvalue weighted by molar-refractivity contribution is -0.136. The Bertz CT molecular complexity index is 586. The van der Waals surface area contributed by atoms with Crippen LogP contribution in [-0.4, -0.2) is 26.5 Å². The molecule has 0 fully saturated rings. The number of aliphatic carboxylic acids is 1. The molecule has 106 valence electrons. The Morgan fingerprint density at radius 3 is 2.70 bits per heavy atom. The lowest BCUT2D eigenvalue weighted by Gasteiger charge is -2.06. The zero-order valence-corrected chi connectivity index (χ0v) is 11.6. The van der Waals surface area contributed by atoms with Gasteiger partial charge in [0.15, 0.2) is 0 Å². The summed E-state index contributed by atoms with van der Waals surface area (Å²) in [5.74, 6) is -0.205. The predicted octanol–water partition coefficient (Wildman–Crippen LogP) is 2.97. The first-order valence-electron chi connectivity index (χ1n) is 6.03. The maximum atomic E-state index is 12.8. The summed E-state index contributed by atoms with van der Waals surface area (Å²) in [6.07, 6.45) is 0.527. The van der Waals surface area contributed by atoms with Crippen LogP contribution in [0.15, 0.2) is 28.7 Å². The number of carboxylic acid groups (broad SMARTS) is 1. The molecule has 1 N–H and O–H groups in total. The summed E-state index contributed by atoms with van der Waals surface area (Å²) in [4.78, 5) is 10.9. The van der Waals surface area contributed by atoms with Gasteiger partial charge in [0, 0.05) is 5.56 Å². The minimum absolute atomic E-state index is 0.295. The fraction of sp³-hybridized carbons (Fsp3) is 0.308. The van der Waals surface area contributed by atoms with E-state index in [0.717, 1.165) is 0 Å². The molecule has 7 heteroatoms. The number of benzene rings is 1. The van der Waals surface area contributed by atoms with Crippen molar-refractivity contribution < 1.29 is 18.7 Å². The van der Waals surface area contributed by atoms with Gasteiger partial charge in [0.05, 0.1) is 5.75 Å². The Balaban J connectivity index is 2.02. The van der Waals surface area contributed by atoms with Crippen molar-refractivity contribution >= 4 is 17.7 Å². The zero-order valence-electron chi connectivity index (χ0n) is 10.7. The van der Waals surface area contributed by atoms with Crippen molar-refractivity contribution in [3.05, 3.63) is 36.0 Å². The number of carbonyl (C=O) groups is 1. The number of rotatable bonds is 6. The van der Waals surface area contributed by atoms with Crippen molar-refractivity contribution in [1.29, 1.82) is 0 Å². The summed E-state index contributed by atoms with van der Waals surface area (Å²) < 4.78 is 18.2. The Morgan fingerprint density at radius 1 is 1.40 bits per heavy atom. The van der Waals surface area contributed by atoms with E-state index in [4.69, 9.17) is 9.52 Å². The first-order valence-corrected chi connectivity index (χ1v) is 7.07. The topological polar surface area (TPSA) is 76.2 Å². The first-order chi connectivity index (χ1) is 9.60. The van der Waals surface area contributed by atoms with E-state index >= 15 is 0 Å². The maximum absolute atomic E-state index is 12.8. The Labute approximate surface area is 119 Å². The third kappa shape index (κ3) is 3.57. The molecule has 0 aliphatic rings. The highest BCUT2D eigenvalue weighted by Gasteiger charge is 2.17. The van der Waals surface area contributed by atoms with E-state index in [2.05, 4.69) is 10.2 Å². The normalized spacial score (nSPS) is 12.3. The summed E-state index contributed by atoms with van der Waals surface area (Å²) >= 11 is 1.24. The molecule has 0 amide bonds. The minimum atomic E-state index is -0.851. The van der Waals surface area contributed by atoms with Gasteiger partial charge in [-0.05, 0) is 30.7 Å². The summed E-state index contributed by atoms with van der Waals surface area (Å²) in [6, 6.07) is 5.72.